The summed E-state index contributed by atoms with van der Waals surface area (Å²) in [6.45, 7) is 2.33. The average molecular weight is 254 g/mol. The first kappa shape index (κ1) is 12.6. The Kier molecular flexibility index (Phi) is 4.21. The fraction of sp³-hybridized carbons (Fsp3) is 0.692. The van der Waals surface area contributed by atoms with Crippen LogP contribution in [-0.2, 0) is 5.88 Å². The lowest BCUT2D eigenvalue weighted by molar-refractivity contribution is 0.320. The number of rotatable bonds is 3. The maximum absolute atomic E-state index is 5.80. The minimum absolute atomic E-state index is 0.425. The number of halogens is 1. The predicted molar refractivity (Wildman–Crippen MR) is 71.4 cm³/mol. The molecule has 0 radical (unpaired) electrons. The van der Waals surface area contributed by atoms with Crippen LogP contribution in [0.25, 0.3) is 0 Å². The first-order valence-electron chi connectivity index (χ1n) is 6.32. The molecule has 3 nitrogen and oxygen atoms in total. The van der Waals surface area contributed by atoms with E-state index < -0.39 is 0 Å². The zero-order chi connectivity index (χ0) is 12.3. The zero-order valence-electron chi connectivity index (χ0n) is 10.6. The second-order valence-corrected chi connectivity index (χ2v) is 5.21. The van der Waals surface area contributed by atoms with Gasteiger partial charge in [-0.05, 0) is 18.8 Å². The van der Waals surface area contributed by atoms with Gasteiger partial charge in [0.2, 0.25) is 0 Å². The summed E-state index contributed by atoms with van der Waals surface area (Å²) in [7, 11) is 2.12. The molecule has 4 heteroatoms. The minimum atomic E-state index is 0.425. The lowest BCUT2D eigenvalue weighted by atomic mass is 9.85. The van der Waals surface area contributed by atoms with Crippen LogP contribution in [0, 0.1) is 5.92 Å². The molecule has 0 saturated heterocycles. The molecule has 2 atom stereocenters. The third kappa shape index (κ3) is 2.89. The molecule has 1 fully saturated rings. The van der Waals surface area contributed by atoms with Crippen LogP contribution in [0.15, 0.2) is 12.4 Å². The number of hydrogen-bond acceptors (Lipinski definition) is 3. The molecule has 0 N–H and O–H groups in total. The molecule has 0 bridgehead atoms. The van der Waals surface area contributed by atoms with Gasteiger partial charge < -0.3 is 4.90 Å². The van der Waals surface area contributed by atoms with Gasteiger partial charge in [-0.3, -0.25) is 4.98 Å². The van der Waals surface area contributed by atoms with E-state index in [0.29, 0.717) is 11.9 Å². The third-order valence-corrected chi connectivity index (χ3v) is 4.01. The molecule has 1 aliphatic carbocycles. The van der Waals surface area contributed by atoms with E-state index in [1.807, 2.05) is 6.20 Å². The smallest absolute Gasteiger partial charge is 0.147 e. The topological polar surface area (TPSA) is 29.0 Å². The maximum Gasteiger partial charge on any atom is 0.147 e. The van der Waals surface area contributed by atoms with Gasteiger partial charge in [0.15, 0.2) is 0 Å². The number of hydrogen-bond donors (Lipinski definition) is 0. The van der Waals surface area contributed by atoms with Crippen LogP contribution in [0.4, 0.5) is 5.82 Å². The van der Waals surface area contributed by atoms with Crippen molar-refractivity contribution in [2.45, 2.75) is 44.5 Å². The quantitative estimate of drug-likeness (QED) is 0.775. The molecule has 0 aromatic carbocycles. The molecular formula is C13H20ClN3. The van der Waals surface area contributed by atoms with Crippen LogP contribution in [0.1, 0.15) is 38.3 Å². The first-order chi connectivity index (χ1) is 8.22. The second-order valence-electron chi connectivity index (χ2n) is 4.94. The van der Waals surface area contributed by atoms with E-state index in [-0.39, 0.29) is 0 Å². The van der Waals surface area contributed by atoms with Crippen LogP contribution >= 0.6 is 11.6 Å². The van der Waals surface area contributed by atoms with Gasteiger partial charge >= 0.3 is 0 Å². The summed E-state index contributed by atoms with van der Waals surface area (Å²) in [5.74, 6) is 2.10. The fourth-order valence-electron chi connectivity index (χ4n) is 2.67. The molecular weight excluding hydrogens is 234 g/mol. The first-order valence-corrected chi connectivity index (χ1v) is 6.85. The van der Waals surface area contributed by atoms with Crippen LogP contribution in [0.5, 0.6) is 0 Å². The van der Waals surface area contributed by atoms with E-state index in [1.165, 1.54) is 25.7 Å². The largest absolute Gasteiger partial charge is 0.355 e. The number of nitrogens with zero attached hydrogens (tertiary/aromatic N) is 3. The Labute approximate surface area is 108 Å². The highest BCUT2D eigenvalue weighted by Crippen LogP contribution is 2.29. The molecule has 1 saturated carbocycles. The van der Waals surface area contributed by atoms with Gasteiger partial charge in [0.25, 0.3) is 0 Å². The standard InChI is InChI=1S/C13H20ClN3/c1-10-5-3-4-6-12(10)17(2)13-9-15-8-11(7-14)16-13/h8-10,12H,3-7H2,1-2H3. The molecule has 2 rings (SSSR count). The second kappa shape index (κ2) is 5.67. The van der Waals surface area contributed by atoms with Crippen molar-refractivity contribution in [2.75, 3.05) is 11.9 Å². The lowest BCUT2D eigenvalue weighted by Crippen LogP contribution is -2.39. The molecule has 2 unspecified atom stereocenters. The maximum atomic E-state index is 5.80. The Hall–Kier alpha value is -0.830. The summed E-state index contributed by atoms with van der Waals surface area (Å²) in [5.41, 5.74) is 0.847. The molecule has 1 aromatic rings. The van der Waals surface area contributed by atoms with Crippen molar-refractivity contribution in [1.82, 2.24) is 9.97 Å². The molecule has 1 aliphatic rings. The van der Waals surface area contributed by atoms with Gasteiger partial charge in [0, 0.05) is 19.3 Å². The summed E-state index contributed by atoms with van der Waals surface area (Å²) < 4.78 is 0. The summed E-state index contributed by atoms with van der Waals surface area (Å²) in [5, 5.41) is 0. The Morgan fingerprint density at radius 1 is 1.35 bits per heavy atom. The predicted octanol–water partition coefficient (Wildman–Crippen LogP) is 3.23. The van der Waals surface area contributed by atoms with Gasteiger partial charge in [0.1, 0.15) is 5.82 Å². The summed E-state index contributed by atoms with van der Waals surface area (Å²) in [4.78, 5) is 11.0. The highest BCUT2D eigenvalue weighted by Gasteiger charge is 2.25. The van der Waals surface area contributed by atoms with Crippen molar-refractivity contribution in [3.8, 4) is 0 Å². The van der Waals surface area contributed by atoms with E-state index in [2.05, 4.69) is 28.8 Å². The fourth-order valence-corrected chi connectivity index (χ4v) is 2.80. The minimum Gasteiger partial charge on any atom is -0.355 e. The SMILES string of the molecule is CC1CCCCC1N(C)c1cncc(CCl)n1. The van der Waals surface area contributed by atoms with Crippen LogP contribution in [-0.4, -0.2) is 23.1 Å². The van der Waals surface area contributed by atoms with Gasteiger partial charge in [-0.2, -0.15) is 0 Å². The third-order valence-electron chi connectivity index (χ3n) is 3.73. The zero-order valence-corrected chi connectivity index (χ0v) is 11.3. The van der Waals surface area contributed by atoms with Crippen molar-refractivity contribution in [3.05, 3.63) is 18.1 Å². The van der Waals surface area contributed by atoms with Crippen LogP contribution in [0.3, 0.4) is 0 Å². The molecule has 0 spiro atoms. The van der Waals surface area contributed by atoms with E-state index in [0.717, 1.165) is 17.4 Å². The Balaban J connectivity index is 2.14. The average Bonchev–Trinajstić information content (AvgIpc) is 2.38. The Bertz CT molecular complexity index is 369. The highest BCUT2D eigenvalue weighted by molar-refractivity contribution is 6.16. The lowest BCUT2D eigenvalue weighted by Gasteiger charge is -2.36. The number of alkyl halides is 1. The van der Waals surface area contributed by atoms with Crippen molar-refractivity contribution in [1.29, 1.82) is 0 Å². The Morgan fingerprint density at radius 3 is 2.82 bits per heavy atom. The highest BCUT2D eigenvalue weighted by atomic mass is 35.5. The van der Waals surface area contributed by atoms with E-state index in [4.69, 9.17) is 11.6 Å². The van der Waals surface area contributed by atoms with Gasteiger partial charge in [-0.1, -0.05) is 19.8 Å². The molecule has 1 aromatic heterocycles. The molecule has 94 valence electrons. The normalized spacial score (nSPS) is 24.6. The van der Waals surface area contributed by atoms with Crippen molar-refractivity contribution < 1.29 is 0 Å². The molecule has 0 amide bonds. The van der Waals surface area contributed by atoms with Crippen molar-refractivity contribution in [3.63, 3.8) is 0 Å². The summed E-state index contributed by atoms with van der Waals surface area (Å²) in [6, 6.07) is 0.587. The van der Waals surface area contributed by atoms with E-state index in [1.54, 1.807) is 6.20 Å². The van der Waals surface area contributed by atoms with Crippen LogP contribution in [0.2, 0.25) is 0 Å². The summed E-state index contributed by atoms with van der Waals surface area (Å²) >= 11 is 5.80. The van der Waals surface area contributed by atoms with Gasteiger partial charge in [-0.15, -0.1) is 11.6 Å². The Morgan fingerprint density at radius 2 is 2.12 bits per heavy atom. The number of anilines is 1. The summed E-state index contributed by atoms with van der Waals surface area (Å²) in [6.07, 6.45) is 8.81. The van der Waals surface area contributed by atoms with E-state index in [9.17, 15) is 0 Å². The van der Waals surface area contributed by atoms with E-state index >= 15 is 0 Å². The van der Waals surface area contributed by atoms with Crippen molar-refractivity contribution in [2.24, 2.45) is 5.92 Å². The van der Waals surface area contributed by atoms with Crippen molar-refractivity contribution >= 4 is 17.4 Å². The number of aromatic nitrogens is 2. The molecule has 17 heavy (non-hydrogen) atoms. The van der Waals surface area contributed by atoms with Gasteiger partial charge in [0.05, 0.1) is 17.8 Å². The molecule has 1 heterocycles. The molecule has 0 aliphatic heterocycles. The van der Waals surface area contributed by atoms with Gasteiger partial charge in [-0.25, -0.2) is 4.98 Å². The van der Waals surface area contributed by atoms with Crippen LogP contribution < -0.4 is 4.90 Å². The monoisotopic (exact) mass is 253 g/mol.